The minimum atomic E-state index is 0.599. The van der Waals surface area contributed by atoms with Crippen LogP contribution in [0.4, 0.5) is 0 Å². The molecule has 2 aromatic rings. The molecular formula is C15H20N4O. The number of hydrogen-bond acceptors (Lipinski definition) is 3. The average Bonchev–Trinajstić information content (AvgIpc) is 2.95. The van der Waals surface area contributed by atoms with E-state index >= 15 is 0 Å². The molecule has 0 radical (unpaired) electrons. The Bertz CT molecular complexity index is 546. The lowest BCUT2D eigenvalue weighted by Crippen LogP contribution is -2.38. The van der Waals surface area contributed by atoms with Gasteiger partial charge in [0.2, 0.25) is 0 Å². The molecule has 1 heterocycles. The molecule has 1 aromatic heterocycles. The maximum absolute atomic E-state index is 4.80. The van der Waals surface area contributed by atoms with Crippen molar-refractivity contribution in [3.05, 3.63) is 53.4 Å². The van der Waals surface area contributed by atoms with E-state index in [-0.39, 0.29) is 0 Å². The average molecular weight is 272 g/mol. The molecule has 0 amide bonds. The summed E-state index contributed by atoms with van der Waals surface area (Å²) in [4.78, 5) is 6.35. The normalized spacial score (nSPS) is 11.4. The zero-order chi connectivity index (χ0) is 14.4. The van der Waals surface area contributed by atoms with Crippen LogP contribution in [0.15, 0.2) is 46.1 Å². The van der Waals surface area contributed by atoms with Gasteiger partial charge in [0.25, 0.3) is 0 Å². The summed E-state index contributed by atoms with van der Waals surface area (Å²) in [6.07, 6.45) is 1.57. The number of guanidine groups is 1. The second kappa shape index (κ2) is 6.75. The van der Waals surface area contributed by atoms with Crippen LogP contribution in [0.1, 0.15) is 16.8 Å². The molecule has 2 rings (SSSR count). The highest BCUT2D eigenvalue weighted by molar-refractivity contribution is 5.79. The summed E-state index contributed by atoms with van der Waals surface area (Å²) in [5.74, 6) is 0.827. The van der Waals surface area contributed by atoms with E-state index in [1.807, 2.05) is 13.1 Å². The Morgan fingerprint density at radius 3 is 2.65 bits per heavy atom. The highest BCUT2D eigenvalue weighted by Crippen LogP contribution is 2.06. The van der Waals surface area contributed by atoms with Gasteiger partial charge in [-0.25, -0.2) is 0 Å². The molecule has 0 atom stereocenters. The van der Waals surface area contributed by atoms with E-state index < -0.39 is 0 Å². The van der Waals surface area contributed by atoms with Crippen LogP contribution >= 0.6 is 0 Å². The quantitative estimate of drug-likeness (QED) is 0.685. The topological polar surface area (TPSA) is 53.7 Å². The van der Waals surface area contributed by atoms with Gasteiger partial charge in [0.05, 0.1) is 6.54 Å². The van der Waals surface area contributed by atoms with Gasteiger partial charge in [0, 0.05) is 26.7 Å². The van der Waals surface area contributed by atoms with Crippen molar-refractivity contribution in [2.45, 2.75) is 20.0 Å². The van der Waals surface area contributed by atoms with Gasteiger partial charge in [0.15, 0.2) is 5.96 Å². The molecule has 106 valence electrons. The van der Waals surface area contributed by atoms with E-state index in [9.17, 15) is 0 Å². The van der Waals surface area contributed by atoms with Crippen LogP contribution in [0, 0.1) is 6.92 Å². The summed E-state index contributed by atoms with van der Waals surface area (Å²) in [7, 11) is 3.79. The number of aliphatic imine (C=N–C) groups is 1. The van der Waals surface area contributed by atoms with Crippen LogP contribution in [0.3, 0.4) is 0 Å². The first kappa shape index (κ1) is 14.1. The molecular weight excluding hydrogens is 252 g/mol. The molecule has 5 nitrogen and oxygen atoms in total. The summed E-state index contributed by atoms with van der Waals surface area (Å²) in [5, 5.41) is 7.12. The second-order valence-corrected chi connectivity index (χ2v) is 4.73. The minimum absolute atomic E-state index is 0.599. The summed E-state index contributed by atoms with van der Waals surface area (Å²) in [6.45, 7) is 3.49. The Balaban J connectivity index is 1.91. The number of aromatic nitrogens is 1. The number of nitrogens with one attached hydrogen (secondary N) is 1. The molecule has 0 spiro atoms. The minimum Gasteiger partial charge on any atom is -0.364 e. The van der Waals surface area contributed by atoms with Gasteiger partial charge in [-0.2, -0.15) is 0 Å². The van der Waals surface area contributed by atoms with E-state index in [1.54, 1.807) is 13.3 Å². The third kappa shape index (κ3) is 3.85. The fourth-order valence-corrected chi connectivity index (χ4v) is 1.93. The lowest BCUT2D eigenvalue weighted by molar-refractivity contribution is 0.409. The van der Waals surface area contributed by atoms with Gasteiger partial charge >= 0.3 is 0 Å². The van der Waals surface area contributed by atoms with Crippen LogP contribution < -0.4 is 5.32 Å². The van der Waals surface area contributed by atoms with E-state index in [1.165, 1.54) is 11.1 Å². The van der Waals surface area contributed by atoms with Crippen molar-refractivity contribution in [2.24, 2.45) is 4.99 Å². The van der Waals surface area contributed by atoms with Crippen molar-refractivity contribution in [3.63, 3.8) is 0 Å². The molecule has 0 bridgehead atoms. The van der Waals surface area contributed by atoms with Crippen molar-refractivity contribution in [1.29, 1.82) is 0 Å². The molecule has 20 heavy (non-hydrogen) atoms. The zero-order valence-electron chi connectivity index (χ0n) is 12.1. The van der Waals surface area contributed by atoms with Crippen LogP contribution in [-0.4, -0.2) is 30.1 Å². The third-order valence-electron chi connectivity index (χ3n) is 3.03. The number of hydrogen-bond donors (Lipinski definition) is 1. The van der Waals surface area contributed by atoms with Crippen LogP contribution in [0.5, 0.6) is 0 Å². The maximum Gasteiger partial charge on any atom is 0.194 e. The number of aryl methyl sites for hydroxylation is 1. The molecule has 0 aliphatic carbocycles. The van der Waals surface area contributed by atoms with Gasteiger partial charge in [-0.3, -0.25) is 4.99 Å². The van der Waals surface area contributed by atoms with Gasteiger partial charge in [-0.1, -0.05) is 35.0 Å². The SMILES string of the molecule is CN=C(NCc1ccon1)N(C)Cc1ccc(C)cc1. The van der Waals surface area contributed by atoms with E-state index in [0.29, 0.717) is 6.54 Å². The van der Waals surface area contributed by atoms with Crippen molar-refractivity contribution >= 4 is 5.96 Å². The highest BCUT2D eigenvalue weighted by atomic mass is 16.5. The van der Waals surface area contributed by atoms with Gasteiger partial charge in [-0.15, -0.1) is 0 Å². The first-order valence-electron chi connectivity index (χ1n) is 6.55. The van der Waals surface area contributed by atoms with E-state index in [4.69, 9.17) is 4.52 Å². The Labute approximate surface area is 119 Å². The molecule has 5 heteroatoms. The standard InChI is InChI=1S/C15H20N4O/c1-12-4-6-13(7-5-12)11-19(3)15(16-2)17-10-14-8-9-20-18-14/h4-9H,10-11H2,1-3H3,(H,16,17). The summed E-state index contributed by atoms with van der Waals surface area (Å²) in [5.41, 5.74) is 3.38. The predicted octanol–water partition coefficient (Wildman–Crippen LogP) is 2.19. The van der Waals surface area contributed by atoms with Crippen molar-refractivity contribution in [2.75, 3.05) is 14.1 Å². The molecule has 0 unspecified atom stereocenters. The Kier molecular flexibility index (Phi) is 4.76. The van der Waals surface area contributed by atoms with Crippen LogP contribution in [0.25, 0.3) is 0 Å². The monoisotopic (exact) mass is 272 g/mol. The fourth-order valence-electron chi connectivity index (χ4n) is 1.93. The van der Waals surface area contributed by atoms with Crippen molar-refractivity contribution < 1.29 is 4.52 Å². The van der Waals surface area contributed by atoms with E-state index in [2.05, 4.69) is 51.6 Å². The summed E-state index contributed by atoms with van der Waals surface area (Å²) >= 11 is 0. The first-order chi connectivity index (χ1) is 9.69. The van der Waals surface area contributed by atoms with Gasteiger partial charge < -0.3 is 14.7 Å². The van der Waals surface area contributed by atoms with Crippen molar-refractivity contribution in [1.82, 2.24) is 15.4 Å². The number of nitrogens with zero attached hydrogens (tertiary/aromatic N) is 3. The Hall–Kier alpha value is -2.30. The summed E-state index contributed by atoms with van der Waals surface area (Å²) in [6, 6.07) is 10.3. The Morgan fingerprint density at radius 1 is 1.30 bits per heavy atom. The molecule has 0 saturated heterocycles. The number of benzene rings is 1. The van der Waals surface area contributed by atoms with Crippen LogP contribution in [0.2, 0.25) is 0 Å². The van der Waals surface area contributed by atoms with Gasteiger partial charge in [-0.05, 0) is 12.5 Å². The lowest BCUT2D eigenvalue weighted by Gasteiger charge is -2.21. The Morgan fingerprint density at radius 2 is 2.05 bits per heavy atom. The summed E-state index contributed by atoms with van der Waals surface area (Å²) < 4.78 is 4.80. The number of rotatable bonds is 4. The molecule has 1 N–H and O–H groups in total. The second-order valence-electron chi connectivity index (χ2n) is 4.73. The molecule has 0 fully saturated rings. The van der Waals surface area contributed by atoms with Crippen molar-refractivity contribution in [3.8, 4) is 0 Å². The van der Waals surface area contributed by atoms with E-state index in [0.717, 1.165) is 18.2 Å². The fraction of sp³-hybridized carbons (Fsp3) is 0.333. The van der Waals surface area contributed by atoms with Crippen LogP contribution in [-0.2, 0) is 13.1 Å². The van der Waals surface area contributed by atoms with Gasteiger partial charge in [0.1, 0.15) is 12.0 Å². The smallest absolute Gasteiger partial charge is 0.194 e. The first-order valence-corrected chi connectivity index (χ1v) is 6.55. The molecule has 0 saturated carbocycles. The molecule has 0 aliphatic heterocycles. The molecule has 1 aromatic carbocycles. The predicted molar refractivity (Wildman–Crippen MR) is 79.3 cm³/mol. The maximum atomic E-state index is 4.80. The third-order valence-corrected chi connectivity index (χ3v) is 3.03. The highest BCUT2D eigenvalue weighted by Gasteiger charge is 2.07. The lowest BCUT2D eigenvalue weighted by atomic mass is 10.1. The largest absolute Gasteiger partial charge is 0.364 e. The zero-order valence-corrected chi connectivity index (χ0v) is 12.1. The molecule has 0 aliphatic rings.